The summed E-state index contributed by atoms with van der Waals surface area (Å²) in [5.74, 6) is -1.54. The molecule has 0 bridgehead atoms. The van der Waals surface area contributed by atoms with Crippen molar-refractivity contribution >= 4 is 17.6 Å². The molecule has 0 saturated carbocycles. The molecule has 0 aromatic heterocycles. The Morgan fingerprint density at radius 2 is 2.13 bits per heavy atom. The van der Waals surface area contributed by atoms with Gasteiger partial charge in [-0.05, 0) is 18.1 Å². The van der Waals surface area contributed by atoms with Crippen molar-refractivity contribution in [2.24, 2.45) is 0 Å². The maximum atomic E-state index is 13.4. The maximum absolute atomic E-state index is 13.4. The van der Waals surface area contributed by atoms with Gasteiger partial charge >= 0.3 is 5.97 Å². The average Bonchev–Trinajstić information content (AvgIpc) is 2.20. The van der Waals surface area contributed by atoms with Gasteiger partial charge in [-0.2, -0.15) is 0 Å². The van der Waals surface area contributed by atoms with E-state index >= 15 is 0 Å². The van der Waals surface area contributed by atoms with Gasteiger partial charge in [-0.25, -0.2) is 9.18 Å². The van der Waals surface area contributed by atoms with Crippen LogP contribution in [0.15, 0.2) is 18.2 Å². The maximum Gasteiger partial charge on any atom is 0.338 e. The minimum atomic E-state index is -1.41. The highest BCUT2D eigenvalue weighted by Gasteiger charge is 2.14. The molecular weight excluding hydrogens is 201 g/mol. The van der Waals surface area contributed by atoms with Gasteiger partial charge in [0.05, 0.1) is 11.3 Å². The summed E-state index contributed by atoms with van der Waals surface area (Å²) in [5, 5.41) is 10.6. The zero-order chi connectivity index (χ0) is 11.4. The fraction of sp³-hybridized carbons (Fsp3) is 0. The van der Waals surface area contributed by atoms with Gasteiger partial charge in [-0.3, -0.25) is 4.79 Å². The standard InChI is InChI=1S/C10H6FNO3/c1-2-8(13)12-7-5-3-4-6(9(7)11)10(14)15/h1,3-5H,(H,12,13)(H,14,15). The van der Waals surface area contributed by atoms with Crippen molar-refractivity contribution in [1.29, 1.82) is 0 Å². The normalized spacial score (nSPS) is 9.07. The number of hydrogen-bond donors (Lipinski definition) is 2. The average molecular weight is 207 g/mol. The van der Waals surface area contributed by atoms with Crippen molar-refractivity contribution in [1.82, 2.24) is 0 Å². The van der Waals surface area contributed by atoms with E-state index in [-0.39, 0.29) is 5.69 Å². The van der Waals surface area contributed by atoms with E-state index in [1.807, 2.05) is 5.32 Å². The van der Waals surface area contributed by atoms with Crippen LogP contribution in [0.1, 0.15) is 10.4 Å². The minimum Gasteiger partial charge on any atom is -0.478 e. The van der Waals surface area contributed by atoms with Gasteiger partial charge in [0, 0.05) is 0 Å². The summed E-state index contributed by atoms with van der Waals surface area (Å²) in [7, 11) is 0. The molecule has 0 heterocycles. The number of nitrogens with one attached hydrogen (secondary N) is 1. The fourth-order valence-corrected chi connectivity index (χ4v) is 0.952. The molecule has 0 saturated heterocycles. The fourth-order valence-electron chi connectivity index (χ4n) is 0.952. The molecule has 1 aromatic carbocycles. The molecule has 1 amide bonds. The first-order valence-electron chi connectivity index (χ1n) is 3.85. The van der Waals surface area contributed by atoms with E-state index in [2.05, 4.69) is 0 Å². The molecule has 2 N–H and O–H groups in total. The van der Waals surface area contributed by atoms with Crippen LogP contribution in [0.4, 0.5) is 10.1 Å². The lowest BCUT2D eigenvalue weighted by molar-refractivity contribution is -0.111. The SMILES string of the molecule is C#CC(=O)Nc1cccc(C(=O)O)c1F. The Morgan fingerprint density at radius 3 is 2.67 bits per heavy atom. The van der Waals surface area contributed by atoms with Crippen LogP contribution in [0.5, 0.6) is 0 Å². The van der Waals surface area contributed by atoms with E-state index < -0.39 is 23.3 Å². The second-order valence-electron chi connectivity index (χ2n) is 2.57. The van der Waals surface area contributed by atoms with Gasteiger partial charge in [-0.15, -0.1) is 6.42 Å². The summed E-state index contributed by atoms with van der Waals surface area (Å²) in [6.45, 7) is 0. The Labute approximate surface area is 84.7 Å². The topological polar surface area (TPSA) is 66.4 Å². The van der Waals surface area contributed by atoms with Crippen molar-refractivity contribution in [3.63, 3.8) is 0 Å². The molecule has 5 heteroatoms. The van der Waals surface area contributed by atoms with Gasteiger partial charge in [0.15, 0.2) is 5.82 Å². The summed E-state index contributed by atoms with van der Waals surface area (Å²) < 4.78 is 13.4. The number of carboxylic acids is 1. The van der Waals surface area contributed by atoms with Crippen LogP contribution in [-0.4, -0.2) is 17.0 Å². The predicted molar refractivity (Wildman–Crippen MR) is 50.8 cm³/mol. The summed E-state index contributed by atoms with van der Waals surface area (Å²) in [6, 6.07) is 3.61. The Balaban J connectivity index is 3.11. The zero-order valence-corrected chi connectivity index (χ0v) is 7.45. The molecule has 0 radical (unpaired) electrons. The second kappa shape index (κ2) is 4.24. The highest BCUT2D eigenvalue weighted by atomic mass is 19.1. The van der Waals surface area contributed by atoms with Crippen molar-refractivity contribution in [3.8, 4) is 12.3 Å². The molecule has 0 fully saturated rings. The largest absolute Gasteiger partial charge is 0.478 e. The number of hydrogen-bond acceptors (Lipinski definition) is 2. The van der Waals surface area contributed by atoms with Gasteiger partial charge < -0.3 is 10.4 Å². The van der Waals surface area contributed by atoms with Crippen molar-refractivity contribution in [3.05, 3.63) is 29.6 Å². The molecule has 1 aromatic rings. The third-order valence-corrected chi connectivity index (χ3v) is 1.61. The van der Waals surface area contributed by atoms with E-state index in [0.717, 1.165) is 6.07 Å². The van der Waals surface area contributed by atoms with E-state index in [4.69, 9.17) is 11.5 Å². The highest BCUT2D eigenvalue weighted by molar-refractivity contribution is 6.04. The summed E-state index contributed by atoms with van der Waals surface area (Å²) >= 11 is 0. The number of anilines is 1. The number of amides is 1. The van der Waals surface area contributed by atoms with Crippen LogP contribution >= 0.6 is 0 Å². The molecule has 0 spiro atoms. The Hall–Kier alpha value is -2.35. The first kappa shape index (κ1) is 10.7. The number of terminal acetylenes is 1. The summed E-state index contributed by atoms with van der Waals surface area (Å²) in [5.41, 5.74) is -0.775. The van der Waals surface area contributed by atoms with Gasteiger partial charge in [0.1, 0.15) is 0 Å². The van der Waals surface area contributed by atoms with Crippen molar-refractivity contribution in [2.45, 2.75) is 0 Å². The van der Waals surface area contributed by atoms with Crippen LogP contribution < -0.4 is 5.32 Å². The monoisotopic (exact) mass is 207 g/mol. The smallest absolute Gasteiger partial charge is 0.338 e. The van der Waals surface area contributed by atoms with Crippen LogP contribution in [0.3, 0.4) is 0 Å². The number of benzene rings is 1. The van der Waals surface area contributed by atoms with Gasteiger partial charge in [-0.1, -0.05) is 6.07 Å². The molecule has 0 unspecified atom stereocenters. The molecule has 0 aliphatic rings. The molecule has 0 aliphatic carbocycles. The van der Waals surface area contributed by atoms with E-state index in [1.165, 1.54) is 12.1 Å². The first-order valence-corrected chi connectivity index (χ1v) is 3.85. The third kappa shape index (κ3) is 2.31. The highest BCUT2D eigenvalue weighted by Crippen LogP contribution is 2.17. The van der Waals surface area contributed by atoms with E-state index in [9.17, 15) is 14.0 Å². The van der Waals surface area contributed by atoms with Crippen LogP contribution in [0, 0.1) is 18.2 Å². The molecule has 4 nitrogen and oxygen atoms in total. The molecule has 0 atom stereocenters. The van der Waals surface area contributed by atoms with E-state index in [0.29, 0.717) is 0 Å². The Bertz CT molecular complexity index is 462. The first-order chi connectivity index (χ1) is 7.06. The number of carboxylic acid groups (broad SMARTS) is 1. The third-order valence-electron chi connectivity index (χ3n) is 1.61. The molecular formula is C10H6FNO3. The molecule has 1 rings (SSSR count). The summed E-state index contributed by atoms with van der Waals surface area (Å²) in [4.78, 5) is 21.3. The number of carbonyl (C=O) groups is 2. The van der Waals surface area contributed by atoms with Crippen LogP contribution in [0.25, 0.3) is 0 Å². The zero-order valence-electron chi connectivity index (χ0n) is 7.45. The van der Waals surface area contributed by atoms with Gasteiger partial charge in [0.25, 0.3) is 5.91 Å². The summed E-state index contributed by atoms with van der Waals surface area (Å²) in [6.07, 6.45) is 4.77. The molecule has 0 aliphatic heterocycles. The minimum absolute atomic E-state index is 0.252. The quantitative estimate of drug-likeness (QED) is 0.713. The molecule has 15 heavy (non-hydrogen) atoms. The predicted octanol–water partition coefficient (Wildman–Crippen LogP) is 1.10. The number of halogens is 1. The Morgan fingerprint density at radius 1 is 1.47 bits per heavy atom. The lowest BCUT2D eigenvalue weighted by Gasteiger charge is -2.04. The van der Waals surface area contributed by atoms with Gasteiger partial charge in [0.2, 0.25) is 0 Å². The Kier molecular flexibility index (Phi) is 3.03. The number of rotatable bonds is 2. The van der Waals surface area contributed by atoms with Crippen LogP contribution in [-0.2, 0) is 4.79 Å². The number of carbonyl (C=O) groups excluding carboxylic acids is 1. The number of aromatic carboxylic acids is 1. The molecule has 76 valence electrons. The van der Waals surface area contributed by atoms with E-state index in [1.54, 1.807) is 5.92 Å². The van der Waals surface area contributed by atoms with Crippen LogP contribution in [0.2, 0.25) is 0 Å². The van der Waals surface area contributed by atoms with Crippen molar-refractivity contribution in [2.75, 3.05) is 5.32 Å². The van der Waals surface area contributed by atoms with Crippen molar-refractivity contribution < 1.29 is 19.1 Å². The lowest BCUT2D eigenvalue weighted by Crippen LogP contribution is -2.11. The second-order valence-corrected chi connectivity index (χ2v) is 2.57. The lowest BCUT2D eigenvalue weighted by atomic mass is 10.2.